The Kier molecular flexibility index (Phi) is 4.71. The first kappa shape index (κ1) is 16.6. The van der Waals surface area contributed by atoms with Gasteiger partial charge in [-0.25, -0.2) is 9.48 Å². The molecule has 0 bridgehead atoms. The van der Waals surface area contributed by atoms with Gasteiger partial charge in [-0.05, 0) is 41.8 Å². The largest absolute Gasteiger partial charge is 0.422 e. The first-order chi connectivity index (χ1) is 12.0. The van der Waals surface area contributed by atoms with Crippen LogP contribution in [0.5, 0.6) is 5.75 Å². The molecule has 0 spiro atoms. The van der Waals surface area contributed by atoms with Crippen molar-refractivity contribution in [1.82, 2.24) is 9.78 Å². The first-order valence-corrected chi connectivity index (χ1v) is 8.12. The van der Waals surface area contributed by atoms with Crippen LogP contribution in [0.25, 0.3) is 0 Å². The van der Waals surface area contributed by atoms with Crippen molar-refractivity contribution in [3.05, 3.63) is 74.8 Å². The van der Waals surface area contributed by atoms with Gasteiger partial charge in [-0.15, -0.1) is 11.3 Å². The van der Waals surface area contributed by atoms with Gasteiger partial charge >= 0.3 is 5.97 Å². The minimum atomic E-state index is -0.675. The van der Waals surface area contributed by atoms with Crippen LogP contribution in [-0.4, -0.2) is 21.7 Å². The molecule has 3 aromatic rings. The molecule has 0 aliphatic heterocycles. The van der Waals surface area contributed by atoms with E-state index in [4.69, 9.17) is 4.74 Å². The number of ether oxygens (including phenoxy) is 1. The molecule has 0 saturated heterocycles. The fourth-order valence-corrected chi connectivity index (χ4v) is 2.60. The third-order valence-corrected chi connectivity index (χ3v) is 4.11. The highest BCUT2D eigenvalue weighted by molar-refractivity contribution is 7.12. The number of hydrogen-bond acceptors (Lipinski definition) is 6. The Morgan fingerprint density at radius 1 is 1.12 bits per heavy atom. The van der Waals surface area contributed by atoms with Crippen molar-refractivity contribution in [2.75, 3.05) is 5.32 Å². The number of aromatic nitrogens is 2. The van der Waals surface area contributed by atoms with Gasteiger partial charge in [-0.2, -0.15) is 5.10 Å². The van der Waals surface area contributed by atoms with Crippen LogP contribution in [0.1, 0.15) is 20.2 Å². The Morgan fingerprint density at radius 2 is 1.88 bits per heavy atom. The lowest BCUT2D eigenvalue weighted by Gasteiger charge is -2.07. The summed E-state index contributed by atoms with van der Waals surface area (Å²) in [6, 6.07) is 12.5. The molecule has 0 unspecified atom stereocenters. The number of esters is 1. The molecule has 1 aromatic carbocycles. The van der Waals surface area contributed by atoms with E-state index in [1.807, 2.05) is 5.38 Å². The number of carbonyl (C=O) groups is 2. The number of hydrogen-bond donors (Lipinski definition) is 1. The van der Waals surface area contributed by atoms with Crippen LogP contribution in [0, 0.1) is 0 Å². The second-order valence-electron chi connectivity index (χ2n) is 5.03. The lowest BCUT2D eigenvalue weighted by atomic mass is 10.3. The van der Waals surface area contributed by atoms with Crippen LogP contribution in [0.4, 0.5) is 5.69 Å². The standard InChI is InChI=1S/C17H13N3O4S/c1-20-15(21)9-8-13(19-20)17(23)24-12-6-4-11(5-7-12)18-16(22)14-3-2-10-25-14/h2-10H,1H3,(H,18,22). The van der Waals surface area contributed by atoms with Crippen molar-refractivity contribution in [3.8, 4) is 5.75 Å². The number of nitrogens with zero attached hydrogens (tertiary/aromatic N) is 2. The quantitative estimate of drug-likeness (QED) is 0.573. The van der Waals surface area contributed by atoms with E-state index in [-0.39, 0.29) is 17.2 Å². The third kappa shape index (κ3) is 3.99. The molecular formula is C17H13N3O4S. The van der Waals surface area contributed by atoms with Gasteiger partial charge in [-0.3, -0.25) is 9.59 Å². The Bertz CT molecular complexity index is 962. The normalized spacial score (nSPS) is 10.3. The molecule has 0 saturated carbocycles. The van der Waals surface area contributed by atoms with Crippen molar-refractivity contribution in [2.24, 2.45) is 7.05 Å². The average Bonchev–Trinajstić information content (AvgIpc) is 3.14. The number of carbonyl (C=O) groups excluding carboxylic acids is 2. The summed E-state index contributed by atoms with van der Waals surface area (Å²) in [7, 11) is 1.45. The Balaban J connectivity index is 1.66. The van der Waals surface area contributed by atoms with Crippen molar-refractivity contribution < 1.29 is 14.3 Å². The molecule has 8 heteroatoms. The third-order valence-electron chi connectivity index (χ3n) is 3.24. The number of nitrogens with one attached hydrogen (secondary N) is 1. The van der Waals surface area contributed by atoms with Crippen LogP contribution in [-0.2, 0) is 7.05 Å². The summed E-state index contributed by atoms with van der Waals surface area (Å²) in [6.45, 7) is 0. The number of amides is 1. The van der Waals surface area contributed by atoms with Crippen molar-refractivity contribution in [1.29, 1.82) is 0 Å². The predicted molar refractivity (Wildman–Crippen MR) is 93.2 cm³/mol. The van der Waals surface area contributed by atoms with Crippen LogP contribution in [0.15, 0.2) is 58.7 Å². The summed E-state index contributed by atoms with van der Waals surface area (Å²) < 4.78 is 6.26. The summed E-state index contributed by atoms with van der Waals surface area (Å²) >= 11 is 1.35. The van der Waals surface area contributed by atoms with E-state index in [0.717, 1.165) is 4.68 Å². The van der Waals surface area contributed by atoms with E-state index in [9.17, 15) is 14.4 Å². The fraction of sp³-hybridized carbons (Fsp3) is 0.0588. The topological polar surface area (TPSA) is 90.3 Å². The van der Waals surface area contributed by atoms with Gasteiger partial charge in [0.25, 0.3) is 11.5 Å². The van der Waals surface area contributed by atoms with E-state index in [0.29, 0.717) is 16.3 Å². The molecule has 25 heavy (non-hydrogen) atoms. The van der Waals surface area contributed by atoms with Crippen LogP contribution >= 0.6 is 11.3 Å². The highest BCUT2D eigenvalue weighted by Crippen LogP contribution is 2.18. The summed E-state index contributed by atoms with van der Waals surface area (Å²) in [6.07, 6.45) is 0. The number of aryl methyl sites for hydroxylation is 1. The second-order valence-corrected chi connectivity index (χ2v) is 5.97. The summed E-state index contributed by atoms with van der Waals surface area (Å²) in [5.74, 6) is -0.574. The Labute approximate surface area is 146 Å². The molecule has 0 radical (unpaired) electrons. The zero-order chi connectivity index (χ0) is 17.8. The van der Waals surface area contributed by atoms with Gasteiger partial charge in [0, 0.05) is 18.8 Å². The van der Waals surface area contributed by atoms with Gasteiger partial charge in [0.15, 0.2) is 5.69 Å². The van der Waals surface area contributed by atoms with Crippen molar-refractivity contribution in [2.45, 2.75) is 0 Å². The van der Waals surface area contributed by atoms with Gasteiger partial charge in [-0.1, -0.05) is 6.07 Å². The lowest BCUT2D eigenvalue weighted by molar-refractivity contribution is 0.0725. The minimum absolute atomic E-state index is 0.0252. The zero-order valence-corrected chi connectivity index (χ0v) is 13.9. The maximum absolute atomic E-state index is 12.0. The van der Waals surface area contributed by atoms with E-state index in [1.54, 1.807) is 36.4 Å². The zero-order valence-electron chi connectivity index (χ0n) is 13.1. The lowest BCUT2D eigenvalue weighted by Crippen LogP contribution is -2.22. The summed E-state index contributed by atoms with van der Waals surface area (Å²) in [5, 5.41) is 8.40. The highest BCUT2D eigenvalue weighted by Gasteiger charge is 2.12. The van der Waals surface area contributed by atoms with Gasteiger partial charge in [0.05, 0.1) is 4.88 Å². The van der Waals surface area contributed by atoms with E-state index in [1.165, 1.54) is 30.5 Å². The van der Waals surface area contributed by atoms with E-state index >= 15 is 0 Å². The fourth-order valence-electron chi connectivity index (χ4n) is 1.98. The molecule has 1 amide bonds. The van der Waals surface area contributed by atoms with Gasteiger partial charge in [0.2, 0.25) is 0 Å². The van der Waals surface area contributed by atoms with Crippen LogP contribution in [0.3, 0.4) is 0 Å². The maximum Gasteiger partial charge on any atom is 0.364 e. The molecule has 2 aromatic heterocycles. The first-order valence-electron chi connectivity index (χ1n) is 7.24. The Hall–Kier alpha value is -3.26. The maximum atomic E-state index is 12.0. The van der Waals surface area contributed by atoms with Gasteiger partial charge in [0.1, 0.15) is 5.75 Å². The SMILES string of the molecule is Cn1nc(C(=O)Oc2ccc(NC(=O)c3cccs3)cc2)ccc1=O. The molecule has 0 aliphatic rings. The summed E-state index contributed by atoms with van der Waals surface area (Å²) in [4.78, 5) is 35.9. The summed E-state index contributed by atoms with van der Waals surface area (Å²) in [5.41, 5.74) is 0.290. The smallest absolute Gasteiger partial charge is 0.364 e. The van der Waals surface area contributed by atoms with Crippen LogP contribution in [0.2, 0.25) is 0 Å². The molecule has 126 valence electrons. The number of benzene rings is 1. The van der Waals surface area contributed by atoms with E-state index in [2.05, 4.69) is 10.4 Å². The monoisotopic (exact) mass is 355 g/mol. The van der Waals surface area contributed by atoms with Gasteiger partial charge < -0.3 is 10.1 Å². The molecule has 1 N–H and O–H groups in total. The highest BCUT2D eigenvalue weighted by atomic mass is 32.1. The molecule has 0 fully saturated rings. The predicted octanol–water partition coefficient (Wildman–Crippen LogP) is 2.31. The van der Waals surface area contributed by atoms with Crippen LogP contribution < -0.4 is 15.6 Å². The number of thiophene rings is 1. The molecule has 7 nitrogen and oxygen atoms in total. The van der Waals surface area contributed by atoms with E-state index < -0.39 is 5.97 Å². The number of rotatable bonds is 4. The van der Waals surface area contributed by atoms with Crippen molar-refractivity contribution >= 4 is 28.9 Å². The number of anilines is 1. The molecular weight excluding hydrogens is 342 g/mol. The average molecular weight is 355 g/mol. The minimum Gasteiger partial charge on any atom is -0.422 e. The molecule has 3 rings (SSSR count). The molecule has 0 atom stereocenters. The Morgan fingerprint density at radius 3 is 2.52 bits per heavy atom. The van der Waals surface area contributed by atoms with Crippen molar-refractivity contribution in [3.63, 3.8) is 0 Å². The second kappa shape index (κ2) is 7.10. The molecule has 0 aliphatic carbocycles. The molecule has 2 heterocycles.